The van der Waals surface area contributed by atoms with E-state index in [2.05, 4.69) is 10.6 Å². The molecular weight excluding hydrogens is 347 g/mol. The first-order chi connectivity index (χ1) is 11.2. The van der Waals surface area contributed by atoms with E-state index in [1.807, 2.05) is 20.8 Å². The van der Waals surface area contributed by atoms with Gasteiger partial charge in [-0.3, -0.25) is 9.59 Å². The summed E-state index contributed by atoms with van der Waals surface area (Å²) < 4.78 is 0. The second-order valence-corrected chi connectivity index (χ2v) is 8.19. The molecule has 0 atom stereocenters. The molecule has 1 aromatic rings. The summed E-state index contributed by atoms with van der Waals surface area (Å²) in [4.78, 5) is 24.7. The maximum atomic E-state index is 12.4. The molecule has 6 heteroatoms. The van der Waals surface area contributed by atoms with Crippen LogP contribution in [0, 0.1) is 11.8 Å². The summed E-state index contributed by atoms with van der Waals surface area (Å²) >= 11 is 12.2. The average Bonchev–Trinajstić information content (AvgIpc) is 2.49. The number of amides is 2. The molecule has 0 unspecified atom stereocenters. The normalized spacial score (nSPS) is 21.2. The topological polar surface area (TPSA) is 58.2 Å². The molecule has 24 heavy (non-hydrogen) atoms. The van der Waals surface area contributed by atoms with Crippen molar-refractivity contribution in [1.29, 1.82) is 0 Å². The fraction of sp³-hybridized carbons (Fsp3) is 0.556. The Labute approximate surface area is 153 Å². The molecule has 0 spiro atoms. The van der Waals surface area contributed by atoms with E-state index >= 15 is 0 Å². The summed E-state index contributed by atoms with van der Waals surface area (Å²) in [6, 6.07) is 5.12. The van der Waals surface area contributed by atoms with Crippen LogP contribution < -0.4 is 10.6 Å². The van der Waals surface area contributed by atoms with Crippen LogP contribution in [0.25, 0.3) is 0 Å². The first kappa shape index (κ1) is 19.1. The summed E-state index contributed by atoms with van der Waals surface area (Å²) in [5.41, 5.74) is 0.227. The molecule has 0 aliphatic heterocycles. The van der Waals surface area contributed by atoms with Crippen molar-refractivity contribution >= 4 is 40.7 Å². The zero-order valence-corrected chi connectivity index (χ0v) is 15.8. The van der Waals surface area contributed by atoms with Gasteiger partial charge in [-0.2, -0.15) is 0 Å². The SMILES string of the molecule is CC(C)(C)NC(=O)C1CCC(C(=O)Nc2c(Cl)cccc2Cl)CC1. The van der Waals surface area contributed by atoms with Crippen molar-refractivity contribution in [2.75, 3.05) is 5.32 Å². The highest BCUT2D eigenvalue weighted by molar-refractivity contribution is 6.39. The van der Waals surface area contributed by atoms with Gasteiger partial charge in [-0.1, -0.05) is 29.3 Å². The number of halogens is 2. The van der Waals surface area contributed by atoms with Crippen molar-refractivity contribution in [2.45, 2.75) is 52.0 Å². The fourth-order valence-corrected chi connectivity index (χ4v) is 3.42. The van der Waals surface area contributed by atoms with Gasteiger partial charge in [0, 0.05) is 17.4 Å². The Hall–Kier alpha value is -1.26. The van der Waals surface area contributed by atoms with Crippen LogP contribution in [-0.4, -0.2) is 17.4 Å². The third-order valence-corrected chi connectivity index (χ3v) is 4.81. The molecule has 0 aromatic heterocycles. The fourth-order valence-electron chi connectivity index (χ4n) is 2.93. The molecule has 1 fully saturated rings. The molecule has 1 aliphatic carbocycles. The van der Waals surface area contributed by atoms with Crippen LogP contribution in [-0.2, 0) is 9.59 Å². The van der Waals surface area contributed by atoms with Crippen LogP contribution in [0.1, 0.15) is 46.5 Å². The molecule has 1 aliphatic rings. The van der Waals surface area contributed by atoms with E-state index < -0.39 is 0 Å². The molecule has 2 rings (SSSR count). The predicted octanol–water partition coefficient (Wildman–Crippen LogP) is 4.65. The maximum Gasteiger partial charge on any atom is 0.227 e. The van der Waals surface area contributed by atoms with Crippen molar-refractivity contribution in [1.82, 2.24) is 5.32 Å². The molecule has 2 amide bonds. The summed E-state index contributed by atoms with van der Waals surface area (Å²) in [5.74, 6) is -0.136. The van der Waals surface area contributed by atoms with Crippen molar-refractivity contribution < 1.29 is 9.59 Å². The largest absolute Gasteiger partial charge is 0.351 e. The molecule has 2 N–H and O–H groups in total. The summed E-state index contributed by atoms with van der Waals surface area (Å²) in [5, 5.41) is 6.69. The molecule has 0 heterocycles. The van der Waals surface area contributed by atoms with E-state index in [-0.39, 0.29) is 29.2 Å². The molecule has 1 aromatic carbocycles. The van der Waals surface area contributed by atoms with Crippen LogP contribution in [0.2, 0.25) is 10.0 Å². The van der Waals surface area contributed by atoms with Gasteiger partial charge < -0.3 is 10.6 Å². The number of hydrogen-bond acceptors (Lipinski definition) is 2. The van der Waals surface area contributed by atoms with Gasteiger partial charge in [0.2, 0.25) is 11.8 Å². The predicted molar refractivity (Wildman–Crippen MR) is 98.4 cm³/mol. The quantitative estimate of drug-likeness (QED) is 0.812. The number of nitrogens with one attached hydrogen (secondary N) is 2. The highest BCUT2D eigenvalue weighted by Gasteiger charge is 2.31. The van der Waals surface area contributed by atoms with Gasteiger partial charge in [0.25, 0.3) is 0 Å². The zero-order chi connectivity index (χ0) is 17.9. The van der Waals surface area contributed by atoms with Gasteiger partial charge in [-0.15, -0.1) is 0 Å². The lowest BCUT2D eigenvalue weighted by molar-refractivity contribution is -0.129. The second-order valence-electron chi connectivity index (χ2n) is 7.37. The lowest BCUT2D eigenvalue weighted by Crippen LogP contribution is -2.45. The van der Waals surface area contributed by atoms with Crippen molar-refractivity contribution in [3.63, 3.8) is 0 Å². The minimum atomic E-state index is -0.230. The van der Waals surface area contributed by atoms with E-state index in [1.165, 1.54) is 0 Å². The summed E-state index contributed by atoms with van der Waals surface area (Å²) in [7, 11) is 0. The molecule has 1 saturated carbocycles. The molecule has 132 valence electrons. The third kappa shape index (κ3) is 5.12. The number of rotatable bonds is 3. The maximum absolute atomic E-state index is 12.4. The molecule has 0 radical (unpaired) electrons. The van der Waals surface area contributed by atoms with Crippen LogP contribution in [0.5, 0.6) is 0 Å². The first-order valence-electron chi connectivity index (χ1n) is 8.24. The van der Waals surface area contributed by atoms with Crippen molar-refractivity contribution in [3.05, 3.63) is 28.2 Å². The highest BCUT2D eigenvalue weighted by Crippen LogP contribution is 2.33. The number of benzene rings is 1. The Bertz CT molecular complexity index is 598. The van der Waals surface area contributed by atoms with E-state index in [0.29, 0.717) is 28.6 Å². The van der Waals surface area contributed by atoms with Crippen LogP contribution >= 0.6 is 23.2 Å². The van der Waals surface area contributed by atoms with E-state index in [9.17, 15) is 9.59 Å². The van der Waals surface area contributed by atoms with Gasteiger partial charge in [0.05, 0.1) is 15.7 Å². The lowest BCUT2D eigenvalue weighted by atomic mass is 9.81. The minimum absolute atomic E-state index is 0.0165. The van der Waals surface area contributed by atoms with Crippen LogP contribution in [0.4, 0.5) is 5.69 Å². The summed E-state index contributed by atoms with van der Waals surface area (Å²) in [6.45, 7) is 5.91. The first-order valence-corrected chi connectivity index (χ1v) is 9.00. The van der Waals surface area contributed by atoms with Gasteiger partial charge in [-0.05, 0) is 58.6 Å². The van der Waals surface area contributed by atoms with Gasteiger partial charge in [-0.25, -0.2) is 0 Å². The van der Waals surface area contributed by atoms with Gasteiger partial charge in [0.1, 0.15) is 0 Å². The minimum Gasteiger partial charge on any atom is -0.351 e. The van der Waals surface area contributed by atoms with Gasteiger partial charge >= 0.3 is 0 Å². The van der Waals surface area contributed by atoms with Crippen LogP contribution in [0.3, 0.4) is 0 Å². The van der Waals surface area contributed by atoms with Gasteiger partial charge in [0.15, 0.2) is 0 Å². The summed E-state index contributed by atoms with van der Waals surface area (Å²) in [6.07, 6.45) is 2.82. The average molecular weight is 371 g/mol. The van der Waals surface area contributed by atoms with Crippen LogP contribution in [0.15, 0.2) is 18.2 Å². The standard InChI is InChI=1S/C18H24Cl2N2O2/c1-18(2,3)22-17(24)12-9-7-11(8-10-12)16(23)21-15-13(19)5-4-6-14(15)20/h4-6,11-12H,7-10H2,1-3H3,(H,21,23)(H,22,24). The Morgan fingerprint density at radius 3 is 1.88 bits per heavy atom. The Balaban J connectivity index is 1.90. The second kappa shape index (κ2) is 7.75. The number of anilines is 1. The number of carbonyl (C=O) groups is 2. The number of hydrogen-bond donors (Lipinski definition) is 2. The third-order valence-electron chi connectivity index (χ3n) is 4.18. The number of para-hydroxylation sites is 1. The molecule has 4 nitrogen and oxygen atoms in total. The zero-order valence-electron chi connectivity index (χ0n) is 14.3. The number of carbonyl (C=O) groups excluding carboxylic acids is 2. The molecule has 0 saturated heterocycles. The highest BCUT2D eigenvalue weighted by atomic mass is 35.5. The monoisotopic (exact) mass is 370 g/mol. The Kier molecular flexibility index (Phi) is 6.16. The smallest absolute Gasteiger partial charge is 0.227 e. The van der Waals surface area contributed by atoms with Crippen molar-refractivity contribution in [2.24, 2.45) is 11.8 Å². The van der Waals surface area contributed by atoms with Crippen molar-refractivity contribution in [3.8, 4) is 0 Å². The molecule has 0 bridgehead atoms. The van der Waals surface area contributed by atoms with E-state index in [4.69, 9.17) is 23.2 Å². The van der Waals surface area contributed by atoms with E-state index in [1.54, 1.807) is 18.2 Å². The van der Waals surface area contributed by atoms with E-state index in [0.717, 1.165) is 12.8 Å². The lowest BCUT2D eigenvalue weighted by Gasteiger charge is -2.30. The molecular formula is C18H24Cl2N2O2. The Morgan fingerprint density at radius 1 is 0.958 bits per heavy atom. The Morgan fingerprint density at radius 2 is 1.42 bits per heavy atom.